The lowest BCUT2D eigenvalue weighted by Gasteiger charge is -1.93. The molecule has 10 heavy (non-hydrogen) atoms. The summed E-state index contributed by atoms with van der Waals surface area (Å²) in [6, 6.07) is 0. The van der Waals surface area contributed by atoms with E-state index in [1.54, 1.807) is 0 Å². The summed E-state index contributed by atoms with van der Waals surface area (Å²) >= 11 is 0. The molecule has 2 heteroatoms. The molecule has 0 bridgehead atoms. The van der Waals surface area contributed by atoms with Crippen LogP contribution >= 0.6 is 0 Å². The third kappa shape index (κ3) is 0.762. The minimum Gasteiger partial charge on any atom is -0.368 e. The second-order valence-electron chi connectivity index (χ2n) is 2.83. The van der Waals surface area contributed by atoms with Gasteiger partial charge in [-0.1, -0.05) is 0 Å². The molecule has 1 atom stereocenters. The minimum absolute atomic E-state index is 0.395. The lowest BCUT2D eigenvalue weighted by molar-refractivity contribution is 0.414. The van der Waals surface area contributed by atoms with Gasteiger partial charge >= 0.3 is 0 Å². The van der Waals surface area contributed by atoms with Crippen LogP contribution in [-0.2, 0) is 4.74 Å². The lowest BCUT2D eigenvalue weighted by atomic mass is 10.1. The van der Waals surface area contributed by atoms with Gasteiger partial charge in [0, 0.05) is 17.5 Å². The molecule has 0 spiro atoms. The summed E-state index contributed by atoms with van der Waals surface area (Å²) in [4.78, 5) is 3.18. The summed E-state index contributed by atoms with van der Waals surface area (Å²) in [6.45, 7) is 5.10. The Morgan fingerprint density at radius 2 is 2.30 bits per heavy atom. The highest BCUT2D eigenvalue weighted by atomic mass is 16.6. The fraction of sp³-hybridized carbons (Fsp3) is 0.500. The van der Waals surface area contributed by atoms with Gasteiger partial charge in [0.2, 0.25) is 0 Å². The van der Waals surface area contributed by atoms with Crippen molar-refractivity contribution in [1.82, 2.24) is 4.98 Å². The van der Waals surface area contributed by atoms with E-state index >= 15 is 0 Å². The number of ether oxygens (including phenoxy) is 1. The van der Waals surface area contributed by atoms with Crippen molar-refractivity contribution in [3.05, 3.63) is 23.0 Å². The summed E-state index contributed by atoms with van der Waals surface area (Å²) in [5.74, 6) is 0. The van der Waals surface area contributed by atoms with Gasteiger partial charge in [-0.15, -0.1) is 0 Å². The molecule has 2 nitrogen and oxygen atoms in total. The third-order valence-corrected chi connectivity index (χ3v) is 1.99. The van der Waals surface area contributed by atoms with E-state index in [0.29, 0.717) is 6.10 Å². The quantitative estimate of drug-likeness (QED) is 0.586. The molecule has 1 aliphatic rings. The Labute approximate surface area is 60.2 Å². The molecule has 1 fully saturated rings. The summed E-state index contributed by atoms with van der Waals surface area (Å²) in [6.07, 6.45) is 2.43. The number of hydrogen-bond donors (Lipinski definition) is 1. The van der Waals surface area contributed by atoms with Crippen LogP contribution in [0.2, 0.25) is 0 Å². The molecule has 1 unspecified atom stereocenters. The van der Waals surface area contributed by atoms with Crippen LogP contribution < -0.4 is 0 Å². The molecule has 54 valence electrons. The topological polar surface area (TPSA) is 28.3 Å². The van der Waals surface area contributed by atoms with Gasteiger partial charge in [0.25, 0.3) is 0 Å². The molecule has 1 aromatic rings. The standard InChI is InChI=1S/C8H11NO/c1-5-3-9-6(2)8(5)7-4-10-7/h3,7,9H,4H2,1-2H3. The monoisotopic (exact) mass is 137 g/mol. The predicted molar refractivity (Wildman–Crippen MR) is 39.0 cm³/mol. The fourth-order valence-corrected chi connectivity index (χ4v) is 1.38. The van der Waals surface area contributed by atoms with E-state index in [4.69, 9.17) is 4.74 Å². The van der Waals surface area contributed by atoms with Gasteiger partial charge in [0.05, 0.1) is 6.61 Å². The molecule has 0 radical (unpaired) electrons. The maximum absolute atomic E-state index is 5.19. The SMILES string of the molecule is Cc1c[nH]c(C)c1C1CO1. The lowest BCUT2D eigenvalue weighted by Crippen LogP contribution is -1.83. The van der Waals surface area contributed by atoms with Gasteiger partial charge < -0.3 is 9.72 Å². The predicted octanol–water partition coefficient (Wildman–Crippen LogP) is 1.70. The zero-order chi connectivity index (χ0) is 7.14. The smallest absolute Gasteiger partial charge is 0.108 e. The van der Waals surface area contributed by atoms with Gasteiger partial charge in [-0.2, -0.15) is 0 Å². The average Bonchev–Trinajstić information content (AvgIpc) is 2.64. The maximum atomic E-state index is 5.19. The number of epoxide rings is 1. The van der Waals surface area contributed by atoms with Crippen molar-refractivity contribution in [3.63, 3.8) is 0 Å². The molecule has 2 rings (SSSR count). The fourth-order valence-electron chi connectivity index (χ4n) is 1.38. The van der Waals surface area contributed by atoms with E-state index in [0.717, 1.165) is 6.61 Å². The van der Waals surface area contributed by atoms with Gasteiger partial charge in [-0.05, 0) is 19.4 Å². The van der Waals surface area contributed by atoms with E-state index < -0.39 is 0 Å². The highest BCUT2D eigenvalue weighted by Crippen LogP contribution is 2.33. The molecule has 0 aromatic carbocycles. The molecular weight excluding hydrogens is 126 g/mol. The first-order valence-corrected chi connectivity index (χ1v) is 3.55. The van der Waals surface area contributed by atoms with Gasteiger partial charge in [0.1, 0.15) is 6.10 Å². The van der Waals surface area contributed by atoms with Crippen molar-refractivity contribution in [2.45, 2.75) is 20.0 Å². The van der Waals surface area contributed by atoms with Crippen molar-refractivity contribution < 1.29 is 4.74 Å². The van der Waals surface area contributed by atoms with Crippen molar-refractivity contribution in [1.29, 1.82) is 0 Å². The average molecular weight is 137 g/mol. The largest absolute Gasteiger partial charge is 0.368 e. The molecule has 1 N–H and O–H groups in total. The third-order valence-electron chi connectivity index (χ3n) is 1.99. The van der Waals surface area contributed by atoms with Crippen LogP contribution in [0.25, 0.3) is 0 Å². The molecular formula is C8H11NO. The molecule has 0 saturated carbocycles. The molecule has 0 aliphatic carbocycles. The van der Waals surface area contributed by atoms with E-state index in [9.17, 15) is 0 Å². The van der Waals surface area contributed by atoms with Crippen LogP contribution in [0.5, 0.6) is 0 Å². The Hall–Kier alpha value is -0.760. The Balaban J connectivity index is 2.44. The van der Waals surface area contributed by atoms with E-state index in [1.165, 1.54) is 16.8 Å². The zero-order valence-corrected chi connectivity index (χ0v) is 6.27. The van der Waals surface area contributed by atoms with Gasteiger partial charge in [-0.3, -0.25) is 0 Å². The van der Waals surface area contributed by atoms with Crippen LogP contribution in [0.15, 0.2) is 6.20 Å². The van der Waals surface area contributed by atoms with Crippen LogP contribution in [0.4, 0.5) is 0 Å². The number of H-pyrrole nitrogens is 1. The second kappa shape index (κ2) is 1.86. The number of aryl methyl sites for hydroxylation is 2. The van der Waals surface area contributed by atoms with Crippen molar-refractivity contribution >= 4 is 0 Å². The van der Waals surface area contributed by atoms with Crippen molar-refractivity contribution in [2.75, 3.05) is 6.61 Å². The summed E-state index contributed by atoms with van der Waals surface area (Å²) in [5, 5.41) is 0. The Morgan fingerprint density at radius 3 is 2.70 bits per heavy atom. The normalized spacial score (nSPS) is 23.2. The van der Waals surface area contributed by atoms with Gasteiger partial charge in [0.15, 0.2) is 0 Å². The van der Waals surface area contributed by atoms with Crippen LogP contribution in [0, 0.1) is 13.8 Å². The highest BCUT2D eigenvalue weighted by molar-refractivity contribution is 5.33. The molecule has 1 aliphatic heterocycles. The summed E-state index contributed by atoms with van der Waals surface area (Å²) in [7, 11) is 0. The van der Waals surface area contributed by atoms with E-state index in [-0.39, 0.29) is 0 Å². The Kier molecular flexibility index (Phi) is 1.11. The second-order valence-corrected chi connectivity index (χ2v) is 2.83. The molecule has 1 aromatic heterocycles. The number of aromatic nitrogens is 1. The Bertz CT molecular complexity index is 228. The first-order chi connectivity index (χ1) is 4.79. The van der Waals surface area contributed by atoms with Crippen molar-refractivity contribution in [3.8, 4) is 0 Å². The molecule has 2 heterocycles. The molecule has 0 amide bonds. The van der Waals surface area contributed by atoms with E-state index in [2.05, 4.69) is 18.8 Å². The number of rotatable bonds is 1. The first-order valence-electron chi connectivity index (χ1n) is 3.55. The number of aromatic amines is 1. The van der Waals surface area contributed by atoms with E-state index in [1.807, 2.05) is 6.20 Å². The van der Waals surface area contributed by atoms with Gasteiger partial charge in [-0.25, -0.2) is 0 Å². The van der Waals surface area contributed by atoms with Crippen LogP contribution in [0.1, 0.15) is 22.9 Å². The highest BCUT2D eigenvalue weighted by Gasteiger charge is 2.28. The van der Waals surface area contributed by atoms with Crippen LogP contribution in [0.3, 0.4) is 0 Å². The maximum Gasteiger partial charge on any atom is 0.108 e. The minimum atomic E-state index is 0.395. The summed E-state index contributed by atoms with van der Waals surface area (Å²) in [5.41, 5.74) is 3.93. The molecule has 1 saturated heterocycles. The first kappa shape index (κ1) is 5.98. The number of hydrogen-bond acceptors (Lipinski definition) is 1. The number of nitrogens with one attached hydrogen (secondary N) is 1. The summed E-state index contributed by atoms with van der Waals surface area (Å²) < 4.78 is 5.19. The Morgan fingerprint density at radius 1 is 1.60 bits per heavy atom. The van der Waals surface area contributed by atoms with Crippen molar-refractivity contribution in [2.24, 2.45) is 0 Å². The van der Waals surface area contributed by atoms with Crippen LogP contribution in [-0.4, -0.2) is 11.6 Å². The zero-order valence-electron chi connectivity index (χ0n) is 6.27.